The van der Waals surface area contributed by atoms with Crippen LogP contribution in [0, 0.1) is 6.92 Å². The molecule has 0 saturated carbocycles. The van der Waals surface area contributed by atoms with E-state index < -0.39 is 0 Å². The van der Waals surface area contributed by atoms with Crippen molar-refractivity contribution >= 4 is 5.82 Å². The SMILES string of the molecule is Cc1cnc(N)c(C(CC2CN(C)CCN2C)NN)c1. The third kappa shape index (κ3) is 3.46. The predicted molar refractivity (Wildman–Crippen MR) is 82.0 cm³/mol. The van der Waals surface area contributed by atoms with E-state index in [0.717, 1.165) is 37.2 Å². The van der Waals surface area contributed by atoms with Crippen LogP contribution < -0.4 is 17.0 Å². The Morgan fingerprint density at radius 1 is 1.45 bits per heavy atom. The highest BCUT2D eigenvalue weighted by Crippen LogP contribution is 2.25. The molecule has 0 aromatic carbocycles. The summed E-state index contributed by atoms with van der Waals surface area (Å²) in [5.74, 6) is 6.32. The number of piperazine rings is 1. The lowest BCUT2D eigenvalue weighted by molar-refractivity contribution is 0.101. The van der Waals surface area contributed by atoms with Crippen molar-refractivity contribution < 1.29 is 0 Å². The highest BCUT2D eigenvalue weighted by molar-refractivity contribution is 5.43. The van der Waals surface area contributed by atoms with Crippen LogP contribution in [0.15, 0.2) is 12.3 Å². The number of aryl methyl sites for hydroxylation is 1. The van der Waals surface area contributed by atoms with Crippen LogP contribution in [0.25, 0.3) is 0 Å². The van der Waals surface area contributed by atoms with Crippen molar-refractivity contribution in [2.24, 2.45) is 5.84 Å². The second kappa shape index (κ2) is 6.49. The van der Waals surface area contributed by atoms with E-state index in [4.69, 9.17) is 11.6 Å². The lowest BCUT2D eigenvalue weighted by atomic mass is 9.97. The molecule has 2 unspecified atom stereocenters. The predicted octanol–water partition coefficient (Wildman–Crippen LogP) is 0.113. The minimum absolute atomic E-state index is 0.0290. The Labute approximate surface area is 121 Å². The van der Waals surface area contributed by atoms with Gasteiger partial charge >= 0.3 is 0 Å². The second-order valence-corrected chi connectivity index (χ2v) is 5.84. The first-order chi connectivity index (χ1) is 9.51. The summed E-state index contributed by atoms with van der Waals surface area (Å²) in [5, 5.41) is 0. The summed E-state index contributed by atoms with van der Waals surface area (Å²) < 4.78 is 0. The van der Waals surface area contributed by atoms with Gasteiger partial charge in [0.2, 0.25) is 0 Å². The number of nitrogen functional groups attached to an aromatic ring is 1. The quantitative estimate of drug-likeness (QED) is 0.536. The van der Waals surface area contributed by atoms with E-state index in [9.17, 15) is 0 Å². The van der Waals surface area contributed by atoms with Crippen molar-refractivity contribution in [3.05, 3.63) is 23.4 Å². The number of nitrogens with two attached hydrogens (primary N) is 2. The molecular weight excluding hydrogens is 252 g/mol. The molecule has 0 bridgehead atoms. The summed E-state index contributed by atoms with van der Waals surface area (Å²) in [6, 6.07) is 2.57. The fourth-order valence-electron chi connectivity index (χ4n) is 2.79. The Kier molecular flexibility index (Phi) is 4.93. The van der Waals surface area contributed by atoms with Crippen molar-refractivity contribution in [3.63, 3.8) is 0 Å². The molecule has 2 heterocycles. The van der Waals surface area contributed by atoms with Crippen LogP contribution in [0.3, 0.4) is 0 Å². The Morgan fingerprint density at radius 3 is 2.90 bits per heavy atom. The molecule has 0 spiro atoms. The molecule has 2 rings (SSSR count). The zero-order valence-corrected chi connectivity index (χ0v) is 12.6. The molecule has 1 aliphatic rings. The number of hydrazine groups is 1. The zero-order valence-electron chi connectivity index (χ0n) is 12.6. The Morgan fingerprint density at radius 2 is 2.20 bits per heavy atom. The monoisotopic (exact) mass is 278 g/mol. The topological polar surface area (TPSA) is 83.4 Å². The van der Waals surface area contributed by atoms with Gasteiger partial charge in [0.15, 0.2) is 0 Å². The fourth-order valence-corrected chi connectivity index (χ4v) is 2.79. The molecule has 0 radical (unpaired) electrons. The first-order valence-corrected chi connectivity index (χ1v) is 7.08. The number of nitrogens with zero attached hydrogens (tertiary/aromatic N) is 3. The van der Waals surface area contributed by atoms with Gasteiger partial charge < -0.3 is 15.5 Å². The van der Waals surface area contributed by atoms with Gasteiger partial charge in [-0.2, -0.15) is 0 Å². The van der Waals surface area contributed by atoms with Gasteiger partial charge in [0.05, 0.1) is 6.04 Å². The number of pyridine rings is 1. The summed E-state index contributed by atoms with van der Waals surface area (Å²) >= 11 is 0. The molecule has 1 saturated heterocycles. The molecule has 5 N–H and O–H groups in total. The van der Waals surface area contributed by atoms with E-state index >= 15 is 0 Å². The minimum Gasteiger partial charge on any atom is -0.383 e. The Hall–Kier alpha value is -1.21. The van der Waals surface area contributed by atoms with Crippen LogP contribution in [0.4, 0.5) is 5.82 Å². The number of hydrogen-bond acceptors (Lipinski definition) is 6. The molecular formula is C14H26N6. The summed E-state index contributed by atoms with van der Waals surface area (Å²) in [7, 11) is 4.33. The highest BCUT2D eigenvalue weighted by atomic mass is 15.3. The van der Waals surface area contributed by atoms with Crippen molar-refractivity contribution in [3.8, 4) is 0 Å². The van der Waals surface area contributed by atoms with Gasteiger partial charge in [-0.15, -0.1) is 0 Å². The van der Waals surface area contributed by atoms with Crippen LogP contribution in [0.5, 0.6) is 0 Å². The largest absolute Gasteiger partial charge is 0.383 e. The molecule has 20 heavy (non-hydrogen) atoms. The van der Waals surface area contributed by atoms with Crippen molar-refractivity contribution in [1.82, 2.24) is 20.2 Å². The molecule has 6 nitrogen and oxygen atoms in total. The van der Waals surface area contributed by atoms with E-state index in [2.05, 4.69) is 40.4 Å². The van der Waals surface area contributed by atoms with Gasteiger partial charge in [-0.25, -0.2) is 4.98 Å². The minimum atomic E-state index is 0.0290. The van der Waals surface area contributed by atoms with E-state index in [0.29, 0.717) is 11.9 Å². The van der Waals surface area contributed by atoms with Crippen molar-refractivity contribution in [2.75, 3.05) is 39.5 Å². The summed E-state index contributed by atoms with van der Waals surface area (Å²) in [6.07, 6.45) is 2.71. The fraction of sp³-hybridized carbons (Fsp3) is 0.643. The molecule has 0 amide bonds. The number of aromatic nitrogens is 1. The number of rotatable bonds is 4. The van der Waals surface area contributed by atoms with Crippen LogP contribution >= 0.6 is 0 Å². The maximum atomic E-state index is 6.00. The van der Waals surface area contributed by atoms with Crippen LogP contribution in [-0.2, 0) is 0 Å². The maximum Gasteiger partial charge on any atom is 0.128 e. The van der Waals surface area contributed by atoms with E-state index in [-0.39, 0.29) is 6.04 Å². The number of likely N-dealkylation sites (N-methyl/N-ethyl adjacent to an activating group) is 2. The van der Waals surface area contributed by atoms with Gasteiger partial charge in [0.25, 0.3) is 0 Å². The molecule has 112 valence electrons. The third-order valence-electron chi connectivity index (χ3n) is 4.15. The molecule has 1 aliphatic heterocycles. The van der Waals surface area contributed by atoms with Crippen LogP contribution in [-0.4, -0.2) is 54.6 Å². The maximum absolute atomic E-state index is 6.00. The third-order valence-corrected chi connectivity index (χ3v) is 4.15. The standard InChI is InChI=1S/C14H26N6/c1-10-6-12(14(15)17-8-10)13(18-16)7-11-9-19(2)4-5-20(11)3/h6,8,11,13,18H,4-5,7,9,16H2,1-3H3,(H2,15,17). The van der Waals surface area contributed by atoms with Gasteiger partial charge in [0, 0.05) is 37.4 Å². The van der Waals surface area contributed by atoms with Crippen LogP contribution in [0.1, 0.15) is 23.6 Å². The average molecular weight is 278 g/mol. The van der Waals surface area contributed by atoms with Crippen molar-refractivity contribution in [2.45, 2.75) is 25.4 Å². The smallest absolute Gasteiger partial charge is 0.128 e. The van der Waals surface area contributed by atoms with Gasteiger partial charge in [0.1, 0.15) is 5.82 Å². The first-order valence-electron chi connectivity index (χ1n) is 7.08. The number of hydrogen-bond donors (Lipinski definition) is 3. The number of anilines is 1. The second-order valence-electron chi connectivity index (χ2n) is 5.84. The normalized spacial score (nSPS) is 22.9. The Bertz CT molecular complexity index is 449. The molecule has 1 aromatic heterocycles. The molecule has 2 atom stereocenters. The summed E-state index contributed by atoms with van der Waals surface area (Å²) in [4.78, 5) is 8.98. The summed E-state index contributed by atoms with van der Waals surface area (Å²) in [6.45, 7) is 5.26. The number of nitrogens with one attached hydrogen (secondary N) is 1. The van der Waals surface area contributed by atoms with Gasteiger partial charge in [-0.1, -0.05) is 0 Å². The summed E-state index contributed by atoms with van der Waals surface area (Å²) in [5.41, 5.74) is 11.0. The zero-order chi connectivity index (χ0) is 14.7. The van der Waals surface area contributed by atoms with E-state index in [1.54, 1.807) is 6.20 Å². The molecule has 1 aromatic rings. The lowest BCUT2D eigenvalue weighted by Crippen LogP contribution is -2.51. The molecule has 1 fully saturated rings. The van der Waals surface area contributed by atoms with Crippen LogP contribution in [0.2, 0.25) is 0 Å². The van der Waals surface area contributed by atoms with Crippen molar-refractivity contribution in [1.29, 1.82) is 0 Å². The Balaban J connectivity index is 2.13. The van der Waals surface area contributed by atoms with Gasteiger partial charge in [-0.05, 0) is 39.1 Å². The first kappa shape index (κ1) is 15.2. The van der Waals surface area contributed by atoms with E-state index in [1.807, 2.05) is 6.92 Å². The molecule has 0 aliphatic carbocycles. The highest BCUT2D eigenvalue weighted by Gasteiger charge is 2.26. The average Bonchev–Trinajstić information content (AvgIpc) is 2.42. The van der Waals surface area contributed by atoms with E-state index in [1.165, 1.54) is 0 Å². The molecule has 6 heteroatoms. The van der Waals surface area contributed by atoms with Gasteiger partial charge in [-0.3, -0.25) is 11.3 Å². The lowest BCUT2D eigenvalue weighted by Gasteiger charge is -2.39.